The van der Waals surface area contributed by atoms with Crippen LogP contribution >= 0.6 is 0 Å². The first kappa shape index (κ1) is 15.7. The first-order valence-corrected chi connectivity index (χ1v) is 9.44. The molecule has 1 saturated heterocycles. The smallest absolute Gasteiger partial charge is 0.253 e. The minimum atomic E-state index is 0.203. The molecule has 0 bridgehead atoms. The topological polar surface area (TPSA) is 36.1 Å². The van der Waals surface area contributed by atoms with Crippen molar-refractivity contribution in [3.05, 3.63) is 35.0 Å². The summed E-state index contributed by atoms with van der Waals surface area (Å²) in [7, 11) is 0. The minimum Gasteiger partial charge on any atom is -0.358 e. The van der Waals surface area contributed by atoms with Crippen molar-refractivity contribution in [2.75, 3.05) is 13.1 Å². The van der Waals surface area contributed by atoms with Crippen molar-refractivity contribution in [2.24, 2.45) is 17.8 Å². The normalized spacial score (nSPS) is 27.3. The minimum absolute atomic E-state index is 0.203. The molecular weight excluding hydrogens is 296 g/mol. The second-order valence-corrected chi connectivity index (χ2v) is 8.35. The Labute approximate surface area is 144 Å². The van der Waals surface area contributed by atoms with Gasteiger partial charge >= 0.3 is 0 Å². The van der Waals surface area contributed by atoms with Gasteiger partial charge in [-0.15, -0.1) is 0 Å². The highest BCUT2D eigenvalue weighted by molar-refractivity contribution is 5.99. The number of hydrogen-bond acceptors (Lipinski definition) is 1. The predicted octanol–water partition coefficient (Wildman–Crippen LogP) is 4.41. The monoisotopic (exact) mass is 324 g/mol. The fourth-order valence-electron chi connectivity index (χ4n) is 4.74. The Morgan fingerprint density at radius 3 is 2.62 bits per heavy atom. The Morgan fingerprint density at radius 1 is 1.12 bits per heavy atom. The fourth-order valence-corrected chi connectivity index (χ4v) is 4.74. The largest absolute Gasteiger partial charge is 0.358 e. The number of carbonyl (C=O) groups is 1. The van der Waals surface area contributed by atoms with Crippen LogP contribution in [0.5, 0.6) is 0 Å². The van der Waals surface area contributed by atoms with E-state index >= 15 is 0 Å². The summed E-state index contributed by atoms with van der Waals surface area (Å²) in [5.74, 6) is 2.14. The van der Waals surface area contributed by atoms with E-state index in [1.54, 1.807) is 0 Å². The van der Waals surface area contributed by atoms with Gasteiger partial charge in [-0.1, -0.05) is 20.8 Å². The van der Waals surface area contributed by atoms with Gasteiger partial charge in [0.1, 0.15) is 0 Å². The molecule has 1 aromatic carbocycles. The fraction of sp³-hybridized carbons (Fsp3) is 0.571. The van der Waals surface area contributed by atoms with E-state index in [0.717, 1.165) is 37.4 Å². The van der Waals surface area contributed by atoms with Crippen molar-refractivity contribution in [3.8, 4) is 0 Å². The Kier molecular flexibility index (Phi) is 3.90. The molecule has 1 amide bonds. The number of nitrogens with zero attached hydrogens (tertiary/aromatic N) is 1. The number of fused-ring (bicyclic) bond motifs is 3. The van der Waals surface area contributed by atoms with E-state index in [4.69, 9.17) is 0 Å². The Bertz CT molecular complexity index is 765. The van der Waals surface area contributed by atoms with Gasteiger partial charge < -0.3 is 9.88 Å². The maximum atomic E-state index is 13.0. The Balaban J connectivity index is 1.67. The van der Waals surface area contributed by atoms with Gasteiger partial charge in [0, 0.05) is 35.2 Å². The Morgan fingerprint density at radius 2 is 1.88 bits per heavy atom. The molecular formula is C21H28N2O. The van der Waals surface area contributed by atoms with Crippen LogP contribution in [0.3, 0.4) is 0 Å². The zero-order valence-electron chi connectivity index (χ0n) is 15.1. The van der Waals surface area contributed by atoms with Gasteiger partial charge in [0.25, 0.3) is 5.91 Å². The number of hydrogen-bond donors (Lipinski definition) is 1. The average Bonchev–Trinajstić information content (AvgIpc) is 2.90. The molecule has 1 aromatic heterocycles. The zero-order chi connectivity index (χ0) is 16.8. The molecule has 3 atom stereocenters. The molecule has 0 spiro atoms. The number of H-pyrrole nitrogens is 1. The summed E-state index contributed by atoms with van der Waals surface area (Å²) in [6, 6.07) is 6.23. The van der Waals surface area contributed by atoms with Crippen LogP contribution in [0.2, 0.25) is 0 Å². The molecule has 2 aliphatic rings. The van der Waals surface area contributed by atoms with Crippen LogP contribution in [0, 0.1) is 17.8 Å². The van der Waals surface area contributed by atoms with Crippen LogP contribution < -0.4 is 0 Å². The van der Waals surface area contributed by atoms with E-state index < -0.39 is 0 Å². The first-order chi connectivity index (χ1) is 11.5. The highest BCUT2D eigenvalue weighted by atomic mass is 16.2. The van der Waals surface area contributed by atoms with Crippen molar-refractivity contribution in [2.45, 2.75) is 46.5 Å². The molecule has 2 aromatic rings. The molecule has 4 rings (SSSR count). The highest BCUT2D eigenvalue weighted by Gasteiger charge is 2.27. The van der Waals surface area contributed by atoms with Gasteiger partial charge in [-0.25, -0.2) is 0 Å². The van der Waals surface area contributed by atoms with Crippen LogP contribution in [-0.4, -0.2) is 28.9 Å². The molecule has 128 valence electrons. The van der Waals surface area contributed by atoms with Crippen molar-refractivity contribution in [3.63, 3.8) is 0 Å². The van der Waals surface area contributed by atoms with Gasteiger partial charge in [-0.3, -0.25) is 4.79 Å². The summed E-state index contributed by atoms with van der Waals surface area (Å²) in [5.41, 5.74) is 4.86. The molecule has 0 unspecified atom stereocenters. The molecule has 0 radical (unpaired) electrons. The number of aryl methyl sites for hydroxylation is 1. The molecule has 1 aliphatic heterocycles. The lowest BCUT2D eigenvalue weighted by Gasteiger charge is -2.35. The summed E-state index contributed by atoms with van der Waals surface area (Å²) in [4.78, 5) is 18.6. The number of rotatable bonds is 1. The summed E-state index contributed by atoms with van der Waals surface area (Å²) < 4.78 is 0. The zero-order valence-corrected chi connectivity index (χ0v) is 15.1. The summed E-state index contributed by atoms with van der Waals surface area (Å²) in [6.07, 6.45) is 4.75. The number of carbonyl (C=O) groups excluding carboxylic acids is 1. The maximum absolute atomic E-state index is 13.0. The van der Waals surface area contributed by atoms with E-state index in [0.29, 0.717) is 11.8 Å². The lowest BCUT2D eigenvalue weighted by atomic mass is 9.87. The summed E-state index contributed by atoms with van der Waals surface area (Å²) in [6.45, 7) is 8.62. The van der Waals surface area contributed by atoms with E-state index in [9.17, 15) is 4.79 Å². The van der Waals surface area contributed by atoms with E-state index in [1.165, 1.54) is 35.0 Å². The number of nitrogens with one attached hydrogen (secondary N) is 1. The van der Waals surface area contributed by atoms with Crippen molar-refractivity contribution in [1.82, 2.24) is 9.88 Å². The number of likely N-dealkylation sites (tertiary alicyclic amines) is 1. The second kappa shape index (κ2) is 5.94. The lowest BCUT2D eigenvalue weighted by Crippen LogP contribution is -2.42. The maximum Gasteiger partial charge on any atom is 0.253 e. The number of benzene rings is 1. The van der Waals surface area contributed by atoms with E-state index in [2.05, 4.69) is 42.8 Å². The third-order valence-corrected chi connectivity index (χ3v) is 5.84. The molecule has 24 heavy (non-hydrogen) atoms. The SMILES string of the molecule is C[C@@H]1CCc2[nH]c3ccc(C(=O)N4C[C@H](C)C[C@H](C)C4)cc3c2C1. The highest BCUT2D eigenvalue weighted by Crippen LogP contribution is 2.32. The molecule has 1 fully saturated rings. The van der Waals surface area contributed by atoms with Crippen molar-refractivity contribution in [1.29, 1.82) is 0 Å². The first-order valence-electron chi connectivity index (χ1n) is 9.44. The van der Waals surface area contributed by atoms with Crippen LogP contribution in [0.1, 0.15) is 55.2 Å². The van der Waals surface area contributed by atoms with Gasteiger partial charge in [0.05, 0.1) is 0 Å². The van der Waals surface area contributed by atoms with Gasteiger partial charge in [-0.2, -0.15) is 0 Å². The van der Waals surface area contributed by atoms with Crippen molar-refractivity contribution >= 4 is 16.8 Å². The van der Waals surface area contributed by atoms with Crippen molar-refractivity contribution < 1.29 is 4.79 Å². The standard InChI is InChI=1S/C21H28N2O/c1-13-4-6-19-17(9-13)18-10-16(5-7-20(18)22-19)21(24)23-11-14(2)8-15(3)12-23/h5,7,10,13-15,22H,4,6,8-9,11-12H2,1-3H3/t13-,14-,15+/m1/s1. The quantitative estimate of drug-likeness (QED) is 0.828. The number of aromatic nitrogens is 1. The predicted molar refractivity (Wildman–Crippen MR) is 98.3 cm³/mol. The van der Waals surface area contributed by atoms with Crippen LogP contribution in [0.25, 0.3) is 10.9 Å². The number of piperidine rings is 1. The van der Waals surface area contributed by atoms with E-state index in [1.807, 2.05) is 6.07 Å². The Hall–Kier alpha value is -1.77. The molecule has 0 saturated carbocycles. The second-order valence-electron chi connectivity index (χ2n) is 8.35. The number of aromatic amines is 1. The van der Waals surface area contributed by atoms with Crippen LogP contribution in [0.4, 0.5) is 0 Å². The van der Waals surface area contributed by atoms with Gasteiger partial charge in [-0.05, 0) is 67.2 Å². The molecule has 3 nitrogen and oxygen atoms in total. The third kappa shape index (κ3) is 2.74. The van der Waals surface area contributed by atoms with E-state index in [-0.39, 0.29) is 5.91 Å². The molecule has 2 heterocycles. The molecule has 1 N–H and O–H groups in total. The van der Waals surface area contributed by atoms with Crippen LogP contribution in [0.15, 0.2) is 18.2 Å². The molecule has 3 heteroatoms. The summed E-state index contributed by atoms with van der Waals surface area (Å²) in [5, 5.41) is 1.26. The number of amides is 1. The van der Waals surface area contributed by atoms with Crippen LogP contribution in [-0.2, 0) is 12.8 Å². The average molecular weight is 324 g/mol. The summed E-state index contributed by atoms with van der Waals surface area (Å²) >= 11 is 0. The lowest BCUT2D eigenvalue weighted by molar-refractivity contribution is 0.0623. The molecule has 1 aliphatic carbocycles. The third-order valence-electron chi connectivity index (χ3n) is 5.84. The van der Waals surface area contributed by atoms with Gasteiger partial charge in [0.15, 0.2) is 0 Å². The van der Waals surface area contributed by atoms with Gasteiger partial charge in [0.2, 0.25) is 0 Å².